The highest BCUT2D eigenvalue weighted by Gasteiger charge is 2.27. The van der Waals surface area contributed by atoms with Gasteiger partial charge in [0.2, 0.25) is 5.95 Å². The molecule has 0 unspecified atom stereocenters. The number of hydrogen-bond acceptors (Lipinski definition) is 4. The molecule has 8 heteroatoms. The van der Waals surface area contributed by atoms with E-state index in [2.05, 4.69) is 4.98 Å². The van der Waals surface area contributed by atoms with Crippen LogP contribution in [0.15, 0.2) is 12.1 Å². The summed E-state index contributed by atoms with van der Waals surface area (Å²) in [6, 6.07) is 3.03. The molecule has 0 bridgehead atoms. The second kappa shape index (κ2) is 4.83. The first-order valence-corrected chi connectivity index (χ1v) is 9.10. The summed E-state index contributed by atoms with van der Waals surface area (Å²) in [5.41, 5.74) is 7.20. The maximum absolute atomic E-state index is 13.7. The van der Waals surface area contributed by atoms with Crippen molar-refractivity contribution in [1.82, 2.24) is 9.55 Å². The molecule has 0 atom stereocenters. The lowest BCUT2D eigenvalue weighted by atomic mass is 10.1. The lowest BCUT2D eigenvalue weighted by molar-refractivity contribution is 0.463. The van der Waals surface area contributed by atoms with Crippen LogP contribution >= 0.6 is 22.6 Å². The normalized spacial score (nSPS) is 19.5. The van der Waals surface area contributed by atoms with Gasteiger partial charge in [0.25, 0.3) is 0 Å². The van der Waals surface area contributed by atoms with E-state index in [9.17, 15) is 12.8 Å². The van der Waals surface area contributed by atoms with Crippen LogP contribution in [0.2, 0.25) is 0 Å². The molecule has 0 amide bonds. The Hall–Kier alpha value is -0.900. The number of rotatable bonds is 1. The average molecular weight is 409 g/mol. The van der Waals surface area contributed by atoms with Gasteiger partial charge in [0, 0.05) is 12.1 Å². The minimum absolute atomic E-state index is 0.0389. The van der Waals surface area contributed by atoms with E-state index in [4.69, 9.17) is 5.73 Å². The topological polar surface area (TPSA) is 78.0 Å². The highest BCUT2D eigenvalue weighted by Crippen LogP contribution is 2.31. The number of fused-ring (bicyclic) bond motifs is 1. The molecular weight excluding hydrogens is 396 g/mol. The maximum Gasteiger partial charge on any atom is 0.201 e. The molecule has 0 spiro atoms. The summed E-state index contributed by atoms with van der Waals surface area (Å²) in [6.45, 7) is 0. The summed E-state index contributed by atoms with van der Waals surface area (Å²) in [4.78, 5) is 4.25. The number of aromatic nitrogens is 2. The van der Waals surface area contributed by atoms with Gasteiger partial charge in [0.05, 0.1) is 26.1 Å². The summed E-state index contributed by atoms with van der Waals surface area (Å²) in [5.74, 6) is 0.279. The Morgan fingerprint density at radius 2 is 2.00 bits per heavy atom. The van der Waals surface area contributed by atoms with E-state index < -0.39 is 9.84 Å². The largest absolute Gasteiger partial charge is 0.369 e. The average Bonchev–Trinajstić information content (AvgIpc) is 2.66. The van der Waals surface area contributed by atoms with E-state index in [0.29, 0.717) is 33.4 Å². The van der Waals surface area contributed by atoms with Gasteiger partial charge in [-0.2, -0.15) is 0 Å². The molecule has 2 aromatic rings. The Bertz CT molecular complexity index is 774. The van der Waals surface area contributed by atoms with E-state index in [0.717, 1.165) is 0 Å². The summed E-state index contributed by atoms with van der Waals surface area (Å²) in [7, 11) is -2.94. The van der Waals surface area contributed by atoms with Crippen molar-refractivity contribution in [1.29, 1.82) is 0 Å². The van der Waals surface area contributed by atoms with Gasteiger partial charge < -0.3 is 10.3 Å². The van der Waals surface area contributed by atoms with Crippen LogP contribution in [0.4, 0.5) is 10.3 Å². The van der Waals surface area contributed by atoms with Gasteiger partial charge in [-0.1, -0.05) is 0 Å². The van der Waals surface area contributed by atoms with Crippen molar-refractivity contribution in [2.24, 2.45) is 0 Å². The number of anilines is 1. The van der Waals surface area contributed by atoms with Crippen molar-refractivity contribution in [3.8, 4) is 0 Å². The van der Waals surface area contributed by atoms with Crippen LogP contribution in [0.5, 0.6) is 0 Å². The Balaban J connectivity index is 2.08. The van der Waals surface area contributed by atoms with Crippen molar-refractivity contribution in [3.63, 3.8) is 0 Å². The van der Waals surface area contributed by atoms with Gasteiger partial charge in [-0.05, 0) is 41.5 Å². The SMILES string of the molecule is Nc1nc2cc(I)c(F)cc2n1C1CCS(=O)(=O)CC1. The number of imidazole rings is 1. The fourth-order valence-corrected chi connectivity index (χ4v) is 4.55. The summed E-state index contributed by atoms with van der Waals surface area (Å²) < 4.78 is 39.0. The smallest absolute Gasteiger partial charge is 0.201 e. The number of nitrogens with two attached hydrogens (primary N) is 1. The first-order chi connectivity index (χ1) is 9.37. The number of nitrogens with zero attached hydrogens (tertiary/aromatic N) is 2. The quantitative estimate of drug-likeness (QED) is 0.732. The number of sulfone groups is 1. The van der Waals surface area contributed by atoms with Crippen molar-refractivity contribution in [3.05, 3.63) is 21.5 Å². The zero-order valence-corrected chi connectivity index (χ0v) is 13.5. The summed E-state index contributed by atoms with van der Waals surface area (Å²) in [5, 5.41) is 0. The van der Waals surface area contributed by atoms with Crippen LogP contribution < -0.4 is 5.73 Å². The highest BCUT2D eigenvalue weighted by molar-refractivity contribution is 14.1. The Morgan fingerprint density at radius 1 is 1.35 bits per heavy atom. The Morgan fingerprint density at radius 3 is 2.65 bits per heavy atom. The zero-order chi connectivity index (χ0) is 14.5. The lowest BCUT2D eigenvalue weighted by Crippen LogP contribution is -2.26. The maximum atomic E-state index is 13.7. The van der Waals surface area contributed by atoms with Crippen LogP contribution in [-0.2, 0) is 9.84 Å². The molecule has 1 aromatic carbocycles. The first-order valence-electron chi connectivity index (χ1n) is 6.20. The minimum Gasteiger partial charge on any atom is -0.369 e. The van der Waals surface area contributed by atoms with Crippen LogP contribution in [-0.4, -0.2) is 29.5 Å². The molecule has 1 aliphatic heterocycles. The molecule has 1 fully saturated rings. The van der Waals surface area contributed by atoms with Gasteiger partial charge in [0.15, 0.2) is 0 Å². The van der Waals surface area contributed by atoms with E-state index in [1.807, 2.05) is 22.6 Å². The second-order valence-corrected chi connectivity index (χ2v) is 8.44. The van der Waals surface area contributed by atoms with E-state index in [1.165, 1.54) is 6.07 Å². The minimum atomic E-state index is -2.94. The molecule has 5 nitrogen and oxygen atoms in total. The molecule has 108 valence electrons. The third kappa shape index (κ3) is 2.39. The Kier molecular flexibility index (Phi) is 3.39. The fraction of sp³-hybridized carbons (Fsp3) is 0.417. The molecule has 2 N–H and O–H groups in total. The van der Waals surface area contributed by atoms with Crippen molar-refractivity contribution >= 4 is 49.4 Å². The second-order valence-electron chi connectivity index (χ2n) is 4.98. The van der Waals surface area contributed by atoms with E-state index in [1.54, 1.807) is 10.6 Å². The van der Waals surface area contributed by atoms with Gasteiger partial charge in [-0.25, -0.2) is 17.8 Å². The number of benzene rings is 1. The predicted molar refractivity (Wildman–Crippen MR) is 83.7 cm³/mol. The molecule has 1 saturated heterocycles. The molecule has 0 aliphatic carbocycles. The van der Waals surface area contributed by atoms with Crippen LogP contribution in [0.1, 0.15) is 18.9 Å². The number of halogens is 2. The van der Waals surface area contributed by atoms with Gasteiger partial charge in [-0.3, -0.25) is 0 Å². The summed E-state index contributed by atoms with van der Waals surface area (Å²) >= 11 is 1.91. The van der Waals surface area contributed by atoms with E-state index >= 15 is 0 Å². The van der Waals surface area contributed by atoms with Gasteiger partial charge in [0.1, 0.15) is 15.7 Å². The highest BCUT2D eigenvalue weighted by atomic mass is 127. The van der Waals surface area contributed by atoms with Crippen molar-refractivity contribution in [2.45, 2.75) is 18.9 Å². The van der Waals surface area contributed by atoms with Crippen molar-refractivity contribution in [2.75, 3.05) is 17.2 Å². The molecule has 1 aliphatic rings. The zero-order valence-electron chi connectivity index (χ0n) is 10.5. The molecular formula is C12H13FIN3O2S. The van der Waals surface area contributed by atoms with Crippen LogP contribution in [0, 0.1) is 9.39 Å². The first kappa shape index (κ1) is 14.1. The molecule has 1 aromatic heterocycles. The summed E-state index contributed by atoms with van der Waals surface area (Å²) in [6.07, 6.45) is 0.983. The van der Waals surface area contributed by atoms with Gasteiger partial charge in [-0.15, -0.1) is 0 Å². The van der Waals surface area contributed by atoms with Crippen molar-refractivity contribution < 1.29 is 12.8 Å². The molecule has 2 heterocycles. The predicted octanol–water partition coefficient (Wildman–Crippen LogP) is 2.11. The molecule has 3 rings (SSSR count). The monoisotopic (exact) mass is 409 g/mol. The fourth-order valence-electron chi connectivity index (χ4n) is 2.63. The Labute approximate surface area is 129 Å². The number of hydrogen-bond donors (Lipinski definition) is 1. The van der Waals surface area contributed by atoms with Gasteiger partial charge >= 0.3 is 0 Å². The molecule has 0 saturated carbocycles. The number of nitrogen functional groups attached to an aromatic ring is 1. The molecule has 0 radical (unpaired) electrons. The third-order valence-electron chi connectivity index (χ3n) is 3.65. The standard InChI is InChI=1S/C12H13FIN3O2S/c13-8-5-11-10(6-9(8)14)16-12(15)17(11)7-1-3-20(18,19)4-2-7/h5-7H,1-4H2,(H2,15,16). The van der Waals surface area contributed by atoms with E-state index in [-0.39, 0.29) is 23.4 Å². The third-order valence-corrected chi connectivity index (χ3v) is 6.19. The van der Waals surface area contributed by atoms with Crippen LogP contribution in [0.25, 0.3) is 11.0 Å². The lowest BCUT2D eigenvalue weighted by Gasteiger charge is -2.24. The molecule has 20 heavy (non-hydrogen) atoms. The van der Waals surface area contributed by atoms with Crippen LogP contribution in [0.3, 0.4) is 0 Å².